The van der Waals surface area contributed by atoms with Gasteiger partial charge in [-0.15, -0.1) is 0 Å². The number of benzene rings is 1. The average Bonchev–Trinajstić information content (AvgIpc) is 2.40. The van der Waals surface area contributed by atoms with Gasteiger partial charge in [-0.25, -0.2) is 17.2 Å². The van der Waals surface area contributed by atoms with Crippen LogP contribution in [-0.2, 0) is 9.05 Å². The van der Waals surface area contributed by atoms with Gasteiger partial charge in [-0.1, -0.05) is 33.1 Å². The van der Waals surface area contributed by atoms with Gasteiger partial charge < -0.3 is 4.74 Å². The van der Waals surface area contributed by atoms with E-state index in [1.165, 1.54) is 0 Å². The summed E-state index contributed by atoms with van der Waals surface area (Å²) in [7, 11) is 0.884. The predicted octanol–water partition coefficient (Wildman–Crippen LogP) is 4.49. The van der Waals surface area contributed by atoms with Crippen molar-refractivity contribution in [3.63, 3.8) is 0 Å². The molecule has 0 aliphatic heterocycles. The number of hydrogen-bond acceptors (Lipinski definition) is 3. The fourth-order valence-electron chi connectivity index (χ4n) is 1.91. The summed E-state index contributed by atoms with van der Waals surface area (Å²) < 4.78 is 54.9. The molecule has 0 fully saturated rings. The molecule has 0 radical (unpaired) electrons. The number of rotatable bonds is 8. The molecular formula is C14H19ClF2O3S. The predicted molar refractivity (Wildman–Crippen MR) is 78.2 cm³/mol. The van der Waals surface area contributed by atoms with Crippen LogP contribution in [0, 0.1) is 17.6 Å². The molecule has 1 unspecified atom stereocenters. The lowest BCUT2D eigenvalue weighted by molar-refractivity contribution is 0.215. The van der Waals surface area contributed by atoms with Gasteiger partial charge in [-0.3, -0.25) is 0 Å². The van der Waals surface area contributed by atoms with E-state index in [9.17, 15) is 17.2 Å². The molecule has 0 bridgehead atoms. The summed E-state index contributed by atoms with van der Waals surface area (Å²) in [6.07, 6.45) is 3.83. The maximum Gasteiger partial charge on any atom is 0.261 e. The van der Waals surface area contributed by atoms with Crippen molar-refractivity contribution < 1.29 is 21.9 Å². The molecule has 1 aromatic carbocycles. The summed E-state index contributed by atoms with van der Waals surface area (Å²) in [4.78, 5) is -0.621. The topological polar surface area (TPSA) is 43.4 Å². The minimum absolute atomic E-state index is 0.192. The highest BCUT2D eigenvalue weighted by Crippen LogP contribution is 2.28. The Morgan fingerprint density at radius 1 is 1.24 bits per heavy atom. The van der Waals surface area contributed by atoms with Crippen molar-refractivity contribution in [3.05, 3.63) is 23.8 Å². The quantitative estimate of drug-likeness (QED) is 0.655. The smallest absolute Gasteiger partial charge is 0.261 e. The number of hydrogen-bond donors (Lipinski definition) is 0. The van der Waals surface area contributed by atoms with Gasteiger partial charge in [0.05, 0.1) is 11.5 Å². The summed E-state index contributed by atoms with van der Waals surface area (Å²) in [5.41, 5.74) is 0. The van der Waals surface area contributed by atoms with E-state index in [2.05, 4.69) is 6.92 Å². The molecule has 3 nitrogen and oxygen atoms in total. The van der Waals surface area contributed by atoms with Crippen LogP contribution in [0.4, 0.5) is 8.78 Å². The van der Waals surface area contributed by atoms with Crippen LogP contribution >= 0.6 is 10.7 Å². The van der Waals surface area contributed by atoms with Gasteiger partial charge in [-0.2, -0.15) is 0 Å². The molecule has 0 aromatic heterocycles. The molecule has 1 atom stereocenters. The van der Waals surface area contributed by atoms with Crippen LogP contribution in [0.2, 0.25) is 0 Å². The van der Waals surface area contributed by atoms with E-state index in [1.807, 2.05) is 6.92 Å². The van der Waals surface area contributed by atoms with Gasteiger partial charge in [0.1, 0.15) is 0 Å². The summed E-state index contributed by atoms with van der Waals surface area (Å²) in [5.74, 6) is -2.49. The lowest BCUT2D eigenvalue weighted by Crippen LogP contribution is -2.13. The van der Waals surface area contributed by atoms with Crippen LogP contribution in [0.3, 0.4) is 0 Å². The molecule has 0 aliphatic carbocycles. The van der Waals surface area contributed by atoms with Crippen molar-refractivity contribution >= 4 is 19.7 Å². The van der Waals surface area contributed by atoms with Gasteiger partial charge in [0.25, 0.3) is 9.05 Å². The second kappa shape index (κ2) is 7.94. The Balaban J connectivity index is 2.85. The number of halogens is 3. The Bertz CT molecular complexity index is 553. The Kier molecular flexibility index (Phi) is 6.87. The second-order valence-electron chi connectivity index (χ2n) is 4.88. The Morgan fingerprint density at radius 2 is 1.81 bits per heavy atom. The average molecular weight is 341 g/mol. The van der Waals surface area contributed by atoms with E-state index in [1.54, 1.807) is 0 Å². The van der Waals surface area contributed by atoms with Gasteiger partial charge in [-0.05, 0) is 24.5 Å². The third-order valence-corrected chi connectivity index (χ3v) is 4.59. The maximum atomic E-state index is 13.8. The maximum absolute atomic E-state index is 13.8. The molecule has 0 N–H and O–H groups in total. The van der Waals surface area contributed by atoms with Crippen molar-refractivity contribution in [2.24, 2.45) is 5.92 Å². The minimum atomic E-state index is -4.18. The van der Waals surface area contributed by atoms with E-state index >= 15 is 0 Å². The number of unbranched alkanes of at least 4 members (excludes halogenated alkanes) is 1. The molecule has 0 heterocycles. The van der Waals surface area contributed by atoms with E-state index in [-0.39, 0.29) is 12.5 Å². The fourth-order valence-corrected chi connectivity index (χ4v) is 2.67. The Labute approximate surface area is 128 Å². The summed E-state index contributed by atoms with van der Waals surface area (Å²) in [6.45, 7) is 4.25. The molecule has 0 aliphatic rings. The molecule has 1 aromatic rings. The van der Waals surface area contributed by atoms with E-state index < -0.39 is 31.3 Å². The summed E-state index contributed by atoms with van der Waals surface area (Å²) >= 11 is 0. The van der Waals surface area contributed by atoms with Gasteiger partial charge in [0, 0.05) is 10.7 Å². The van der Waals surface area contributed by atoms with Gasteiger partial charge >= 0.3 is 0 Å². The Hall–Kier alpha value is -0.880. The lowest BCUT2D eigenvalue weighted by Gasteiger charge is -2.16. The molecule has 7 heteroatoms. The van der Waals surface area contributed by atoms with Crippen molar-refractivity contribution in [2.75, 3.05) is 6.61 Å². The van der Waals surface area contributed by atoms with Crippen molar-refractivity contribution in [3.8, 4) is 5.75 Å². The van der Waals surface area contributed by atoms with Crippen LogP contribution in [0.5, 0.6) is 5.75 Å². The van der Waals surface area contributed by atoms with E-state index in [0.29, 0.717) is 12.1 Å². The van der Waals surface area contributed by atoms with Crippen LogP contribution in [0.25, 0.3) is 0 Å². The standard InChI is InChI=1S/C14H19ClF2O3S/c1-3-5-6-10(4-2)9-20-14-12(16)7-11(8-13(14)17)21(15,18)19/h7-8,10H,3-6,9H2,1-2H3. The third kappa shape index (κ3) is 5.43. The summed E-state index contributed by atoms with van der Waals surface area (Å²) in [6, 6.07) is 1.32. The van der Waals surface area contributed by atoms with Crippen molar-refractivity contribution in [2.45, 2.75) is 44.4 Å². The van der Waals surface area contributed by atoms with E-state index in [0.717, 1.165) is 25.7 Å². The zero-order valence-corrected chi connectivity index (χ0v) is 13.6. The second-order valence-corrected chi connectivity index (χ2v) is 7.45. The first kappa shape index (κ1) is 18.2. The van der Waals surface area contributed by atoms with Crippen LogP contribution in [0.15, 0.2) is 17.0 Å². The molecular weight excluding hydrogens is 322 g/mol. The molecule has 1 rings (SSSR count). The first-order valence-electron chi connectivity index (χ1n) is 6.86. The van der Waals surface area contributed by atoms with Crippen LogP contribution in [0.1, 0.15) is 39.5 Å². The number of ether oxygens (including phenoxy) is 1. The largest absolute Gasteiger partial charge is 0.487 e. The Morgan fingerprint density at radius 3 is 2.24 bits per heavy atom. The summed E-state index contributed by atoms with van der Waals surface area (Å²) in [5, 5.41) is 0. The van der Waals surface area contributed by atoms with Gasteiger partial charge in [0.2, 0.25) is 0 Å². The van der Waals surface area contributed by atoms with Crippen LogP contribution in [-0.4, -0.2) is 15.0 Å². The third-order valence-electron chi connectivity index (χ3n) is 3.26. The van der Waals surface area contributed by atoms with Crippen molar-refractivity contribution in [1.82, 2.24) is 0 Å². The van der Waals surface area contributed by atoms with Gasteiger partial charge in [0.15, 0.2) is 17.4 Å². The highest BCUT2D eigenvalue weighted by Gasteiger charge is 2.20. The SMILES string of the molecule is CCCCC(CC)COc1c(F)cc(S(=O)(=O)Cl)cc1F. The monoisotopic (exact) mass is 340 g/mol. The highest BCUT2D eigenvalue weighted by atomic mass is 35.7. The zero-order chi connectivity index (χ0) is 16.0. The first-order valence-corrected chi connectivity index (χ1v) is 9.17. The van der Waals surface area contributed by atoms with E-state index in [4.69, 9.17) is 15.4 Å². The van der Waals surface area contributed by atoms with Crippen molar-refractivity contribution in [1.29, 1.82) is 0 Å². The lowest BCUT2D eigenvalue weighted by atomic mass is 10.0. The molecule has 0 saturated heterocycles. The highest BCUT2D eigenvalue weighted by molar-refractivity contribution is 8.13. The molecule has 21 heavy (non-hydrogen) atoms. The minimum Gasteiger partial charge on any atom is -0.487 e. The molecule has 0 spiro atoms. The molecule has 120 valence electrons. The van der Waals surface area contributed by atoms with Crippen LogP contribution < -0.4 is 4.74 Å². The molecule has 0 saturated carbocycles. The normalized spacial score (nSPS) is 13.2. The zero-order valence-electron chi connectivity index (χ0n) is 12.0. The molecule has 0 amide bonds. The first-order chi connectivity index (χ1) is 9.79. The fraction of sp³-hybridized carbons (Fsp3) is 0.571.